The van der Waals surface area contributed by atoms with Crippen molar-refractivity contribution in [3.63, 3.8) is 0 Å². The molecule has 2 aromatic carbocycles. The van der Waals surface area contributed by atoms with Crippen LogP contribution < -0.4 is 11.1 Å². The molecule has 0 saturated carbocycles. The van der Waals surface area contributed by atoms with Gasteiger partial charge in [0, 0.05) is 27.8 Å². The van der Waals surface area contributed by atoms with Crippen molar-refractivity contribution in [2.24, 2.45) is 5.41 Å². The number of carbonyl (C=O) groups is 3. The van der Waals surface area contributed by atoms with Gasteiger partial charge in [-0.15, -0.1) is 0 Å². The lowest BCUT2D eigenvalue weighted by atomic mass is 9.82. The summed E-state index contributed by atoms with van der Waals surface area (Å²) in [5.74, 6) is -0.731. The Balaban J connectivity index is 1.78. The molecule has 0 fully saturated rings. The number of rotatable bonds is 7. The number of halogens is 1. The number of ketones is 2. The highest BCUT2D eigenvalue weighted by Crippen LogP contribution is 2.39. The van der Waals surface area contributed by atoms with Crippen LogP contribution in [0.5, 0.6) is 0 Å². The van der Waals surface area contributed by atoms with Crippen LogP contribution in [0.15, 0.2) is 34.8 Å². The first kappa shape index (κ1) is 22.0. The van der Waals surface area contributed by atoms with Crippen LogP contribution >= 0.6 is 15.9 Å². The first-order chi connectivity index (χ1) is 14.2. The van der Waals surface area contributed by atoms with E-state index < -0.39 is 5.41 Å². The fraction of sp³-hybridized carbons (Fsp3) is 0.348. The van der Waals surface area contributed by atoms with Crippen LogP contribution in [0, 0.1) is 5.41 Å². The number of esters is 1. The minimum absolute atomic E-state index is 0.215. The van der Waals surface area contributed by atoms with Gasteiger partial charge in [-0.2, -0.15) is 0 Å². The van der Waals surface area contributed by atoms with E-state index >= 15 is 0 Å². The summed E-state index contributed by atoms with van der Waals surface area (Å²) >= 11 is 3.39. The lowest BCUT2D eigenvalue weighted by Gasteiger charge is -2.23. The highest BCUT2D eigenvalue weighted by molar-refractivity contribution is 9.10. The topological polar surface area (TPSA) is 98.5 Å². The van der Waals surface area contributed by atoms with Crippen LogP contribution in [0.4, 0.5) is 11.4 Å². The second-order valence-electron chi connectivity index (χ2n) is 7.93. The van der Waals surface area contributed by atoms with E-state index in [1.165, 1.54) is 0 Å². The van der Waals surface area contributed by atoms with E-state index in [4.69, 9.17) is 10.5 Å². The number of nitrogen functional groups attached to an aromatic ring is 1. The smallest absolute Gasteiger partial charge is 0.311 e. The predicted octanol–water partition coefficient (Wildman–Crippen LogP) is 4.59. The Kier molecular flexibility index (Phi) is 6.31. The summed E-state index contributed by atoms with van der Waals surface area (Å²) in [5, 5.41) is 3.20. The van der Waals surface area contributed by atoms with Gasteiger partial charge in [-0.25, -0.2) is 0 Å². The molecule has 0 atom stereocenters. The summed E-state index contributed by atoms with van der Waals surface area (Å²) in [6.45, 7) is 6.38. The van der Waals surface area contributed by atoms with Gasteiger partial charge in [-0.1, -0.05) is 31.2 Å². The summed E-state index contributed by atoms with van der Waals surface area (Å²) < 4.78 is 5.89. The molecule has 6 nitrogen and oxygen atoms in total. The number of anilines is 2. The monoisotopic (exact) mass is 472 g/mol. The first-order valence-corrected chi connectivity index (χ1v) is 10.7. The molecule has 0 saturated heterocycles. The molecule has 0 spiro atoms. The van der Waals surface area contributed by atoms with Crippen LogP contribution in [-0.4, -0.2) is 30.7 Å². The summed E-state index contributed by atoms with van der Waals surface area (Å²) in [4.78, 5) is 38.2. The van der Waals surface area contributed by atoms with Crippen LogP contribution in [0.2, 0.25) is 0 Å². The van der Waals surface area contributed by atoms with Crippen molar-refractivity contribution < 1.29 is 19.1 Å². The molecule has 1 aliphatic rings. The zero-order valence-corrected chi connectivity index (χ0v) is 18.9. The first-order valence-electron chi connectivity index (χ1n) is 9.90. The zero-order valence-electron chi connectivity index (χ0n) is 17.3. The van der Waals surface area contributed by atoms with Crippen molar-refractivity contribution in [2.75, 3.05) is 24.2 Å². The Bertz CT molecular complexity index is 1030. The maximum Gasteiger partial charge on any atom is 0.311 e. The van der Waals surface area contributed by atoms with Gasteiger partial charge in [0.1, 0.15) is 0 Å². The maximum absolute atomic E-state index is 13.1. The van der Waals surface area contributed by atoms with Gasteiger partial charge in [0.15, 0.2) is 11.6 Å². The van der Waals surface area contributed by atoms with Crippen molar-refractivity contribution >= 4 is 44.8 Å². The van der Waals surface area contributed by atoms with Gasteiger partial charge in [0.2, 0.25) is 0 Å². The average molecular weight is 473 g/mol. The third kappa shape index (κ3) is 3.99. The second-order valence-corrected chi connectivity index (χ2v) is 8.78. The summed E-state index contributed by atoms with van der Waals surface area (Å²) in [7, 11) is 0. The molecule has 0 aromatic heterocycles. The second kappa shape index (κ2) is 8.60. The number of fused-ring (bicyclic) bond motifs is 2. The molecular formula is C23H25BrN2O4. The van der Waals surface area contributed by atoms with Crippen LogP contribution in [0.3, 0.4) is 0 Å². The van der Waals surface area contributed by atoms with E-state index in [1.54, 1.807) is 30.3 Å². The molecule has 2 aromatic rings. The molecule has 0 amide bonds. The molecule has 0 aliphatic heterocycles. The Hall–Kier alpha value is -2.67. The molecular weight excluding hydrogens is 448 g/mol. The highest BCUT2D eigenvalue weighted by Gasteiger charge is 2.34. The zero-order chi connectivity index (χ0) is 22.1. The Morgan fingerprint density at radius 2 is 1.73 bits per heavy atom. The fourth-order valence-electron chi connectivity index (χ4n) is 3.22. The number of ether oxygens (including phenoxy) is 1. The summed E-state index contributed by atoms with van der Waals surface area (Å²) in [6.07, 6.45) is 1.26. The van der Waals surface area contributed by atoms with Gasteiger partial charge < -0.3 is 15.8 Å². The van der Waals surface area contributed by atoms with E-state index in [-0.39, 0.29) is 41.0 Å². The normalized spacial score (nSPS) is 12.9. The van der Waals surface area contributed by atoms with Gasteiger partial charge in [-0.05, 0) is 48.7 Å². The van der Waals surface area contributed by atoms with Crippen LogP contribution in [-0.2, 0) is 9.53 Å². The van der Waals surface area contributed by atoms with E-state index in [2.05, 4.69) is 21.2 Å². The van der Waals surface area contributed by atoms with Crippen molar-refractivity contribution in [1.29, 1.82) is 0 Å². The quantitative estimate of drug-likeness (QED) is 0.296. The molecule has 7 heteroatoms. The summed E-state index contributed by atoms with van der Waals surface area (Å²) in [5.41, 5.74) is 7.64. The number of benzene rings is 2. The number of nitrogens with one attached hydrogen (secondary N) is 1. The van der Waals surface area contributed by atoms with Gasteiger partial charge in [0.05, 0.1) is 28.8 Å². The largest absolute Gasteiger partial charge is 0.465 e. The molecule has 3 N–H and O–H groups in total. The molecule has 0 bridgehead atoms. The van der Waals surface area contributed by atoms with Crippen LogP contribution in [0.25, 0.3) is 0 Å². The number of hydrogen-bond donors (Lipinski definition) is 2. The molecule has 158 valence electrons. The molecule has 1 aliphatic carbocycles. The van der Waals surface area contributed by atoms with Crippen LogP contribution in [0.1, 0.15) is 65.5 Å². The molecule has 3 rings (SSSR count). The van der Waals surface area contributed by atoms with E-state index in [0.29, 0.717) is 40.7 Å². The Labute approximate surface area is 184 Å². The number of nitrogens with two attached hydrogens (primary N) is 1. The Morgan fingerprint density at radius 3 is 2.33 bits per heavy atom. The minimum Gasteiger partial charge on any atom is -0.465 e. The van der Waals surface area contributed by atoms with Crippen molar-refractivity contribution in [3.8, 4) is 0 Å². The minimum atomic E-state index is -0.505. The Morgan fingerprint density at radius 1 is 1.13 bits per heavy atom. The van der Waals surface area contributed by atoms with Crippen molar-refractivity contribution in [3.05, 3.63) is 57.1 Å². The van der Waals surface area contributed by atoms with E-state index in [1.807, 2.05) is 20.8 Å². The van der Waals surface area contributed by atoms with E-state index in [9.17, 15) is 14.4 Å². The van der Waals surface area contributed by atoms with Crippen molar-refractivity contribution in [1.82, 2.24) is 0 Å². The lowest BCUT2D eigenvalue weighted by Crippen LogP contribution is -2.26. The van der Waals surface area contributed by atoms with Gasteiger partial charge in [0.25, 0.3) is 0 Å². The highest BCUT2D eigenvalue weighted by atomic mass is 79.9. The molecule has 0 radical (unpaired) electrons. The fourth-order valence-corrected chi connectivity index (χ4v) is 3.65. The van der Waals surface area contributed by atoms with E-state index in [0.717, 1.165) is 0 Å². The molecule has 0 heterocycles. The third-order valence-corrected chi connectivity index (χ3v) is 6.15. The van der Waals surface area contributed by atoms with Gasteiger partial charge >= 0.3 is 5.97 Å². The standard InChI is InChI=1S/C23H25BrN2O4/c1-4-23(2,3)22(29)30-11-7-10-26-16-12-15(24)19(25)18-17(16)20(27)13-8-5-6-9-14(13)21(18)28/h5-6,8-9,12,26H,4,7,10-11,25H2,1-3H3. The maximum atomic E-state index is 13.1. The third-order valence-electron chi connectivity index (χ3n) is 5.49. The number of carbonyl (C=O) groups excluding carboxylic acids is 3. The lowest BCUT2D eigenvalue weighted by molar-refractivity contribution is -0.154. The average Bonchev–Trinajstić information content (AvgIpc) is 2.73. The SMILES string of the molecule is CCC(C)(C)C(=O)OCCCNc1cc(Br)c(N)c2c1C(=O)c1ccccc1C2=O. The summed E-state index contributed by atoms with van der Waals surface area (Å²) in [6, 6.07) is 8.45. The number of hydrogen-bond acceptors (Lipinski definition) is 6. The molecule has 30 heavy (non-hydrogen) atoms. The molecule has 0 unspecified atom stereocenters. The van der Waals surface area contributed by atoms with Crippen molar-refractivity contribution in [2.45, 2.75) is 33.6 Å². The predicted molar refractivity (Wildman–Crippen MR) is 120 cm³/mol. The van der Waals surface area contributed by atoms with Gasteiger partial charge in [-0.3, -0.25) is 14.4 Å².